The average molecular weight is 273 g/mol. The van der Waals surface area contributed by atoms with Gasteiger partial charge in [-0.1, -0.05) is 42.5 Å². The molecule has 0 bridgehead atoms. The molecule has 3 aromatic rings. The maximum absolute atomic E-state index is 9.51. The summed E-state index contributed by atoms with van der Waals surface area (Å²) in [5.74, 6) is 0.727. The van der Waals surface area contributed by atoms with Crippen LogP contribution in [-0.4, -0.2) is 9.55 Å². The molecule has 21 heavy (non-hydrogen) atoms. The van der Waals surface area contributed by atoms with Gasteiger partial charge < -0.3 is 4.57 Å². The molecular weight excluding hydrogens is 258 g/mol. The first-order chi connectivity index (χ1) is 10.3. The van der Waals surface area contributed by atoms with Crippen LogP contribution in [-0.2, 0) is 6.54 Å². The van der Waals surface area contributed by atoms with Crippen LogP contribution in [0.25, 0.3) is 22.7 Å². The quantitative estimate of drug-likeness (QED) is 0.673. The van der Waals surface area contributed by atoms with Gasteiger partial charge in [-0.15, -0.1) is 0 Å². The van der Waals surface area contributed by atoms with Crippen molar-refractivity contribution in [1.82, 2.24) is 9.55 Å². The number of hydrogen-bond acceptors (Lipinski definition) is 2. The van der Waals surface area contributed by atoms with Crippen LogP contribution in [0, 0.1) is 11.3 Å². The van der Waals surface area contributed by atoms with Crippen LogP contribution in [0.1, 0.15) is 18.3 Å². The minimum atomic E-state index is 0.583. The molecule has 0 radical (unpaired) electrons. The Bertz CT molecular complexity index is 836. The lowest BCUT2D eigenvalue weighted by Gasteiger charge is -2.04. The SMILES string of the molecule is CCn1c(C(C#N)=Cc2ccccc2)nc2ccccc21. The van der Waals surface area contributed by atoms with E-state index in [4.69, 9.17) is 0 Å². The maximum atomic E-state index is 9.51. The third-order valence-corrected chi connectivity index (χ3v) is 3.44. The summed E-state index contributed by atoms with van der Waals surface area (Å²) in [6, 6.07) is 20.1. The molecule has 0 amide bonds. The third-order valence-electron chi connectivity index (χ3n) is 3.44. The normalized spacial score (nSPS) is 11.5. The summed E-state index contributed by atoms with van der Waals surface area (Å²) in [7, 11) is 0. The van der Waals surface area contributed by atoms with Gasteiger partial charge in [0.05, 0.1) is 16.6 Å². The number of rotatable bonds is 3. The van der Waals surface area contributed by atoms with Gasteiger partial charge in [0.2, 0.25) is 0 Å². The van der Waals surface area contributed by atoms with E-state index >= 15 is 0 Å². The van der Waals surface area contributed by atoms with Crippen molar-refractivity contribution >= 4 is 22.7 Å². The summed E-state index contributed by atoms with van der Waals surface area (Å²) in [6.45, 7) is 2.85. The molecule has 2 aromatic carbocycles. The van der Waals surface area contributed by atoms with E-state index in [9.17, 15) is 5.26 Å². The summed E-state index contributed by atoms with van der Waals surface area (Å²) in [5, 5.41) is 9.51. The third kappa shape index (κ3) is 2.44. The van der Waals surface area contributed by atoms with Crippen molar-refractivity contribution < 1.29 is 0 Å². The molecule has 0 spiro atoms. The van der Waals surface area contributed by atoms with Crippen molar-refractivity contribution in [2.45, 2.75) is 13.5 Å². The van der Waals surface area contributed by atoms with Crippen LogP contribution in [0.2, 0.25) is 0 Å². The minimum absolute atomic E-state index is 0.583. The monoisotopic (exact) mass is 273 g/mol. The van der Waals surface area contributed by atoms with Gasteiger partial charge in [-0.2, -0.15) is 5.26 Å². The fraction of sp³-hybridized carbons (Fsp3) is 0.111. The summed E-state index contributed by atoms with van der Waals surface area (Å²) in [4.78, 5) is 4.62. The molecule has 3 heteroatoms. The number of hydrogen-bond donors (Lipinski definition) is 0. The van der Waals surface area contributed by atoms with Gasteiger partial charge in [0.25, 0.3) is 0 Å². The molecule has 0 fully saturated rings. The van der Waals surface area contributed by atoms with Crippen LogP contribution in [0.4, 0.5) is 0 Å². The molecule has 1 aromatic heterocycles. The fourth-order valence-electron chi connectivity index (χ4n) is 2.46. The molecule has 0 N–H and O–H groups in total. The Morgan fingerprint density at radius 1 is 1.14 bits per heavy atom. The highest BCUT2D eigenvalue weighted by Gasteiger charge is 2.13. The van der Waals surface area contributed by atoms with Gasteiger partial charge in [0.1, 0.15) is 6.07 Å². The zero-order valence-electron chi connectivity index (χ0n) is 11.8. The summed E-state index contributed by atoms with van der Waals surface area (Å²) in [6.07, 6.45) is 1.88. The smallest absolute Gasteiger partial charge is 0.151 e. The Hall–Kier alpha value is -2.86. The molecule has 0 saturated heterocycles. The van der Waals surface area contributed by atoms with Gasteiger partial charge in [0.15, 0.2) is 5.82 Å². The number of allylic oxidation sites excluding steroid dienone is 1. The van der Waals surface area contributed by atoms with Crippen LogP contribution in [0.5, 0.6) is 0 Å². The van der Waals surface area contributed by atoms with Gasteiger partial charge in [-0.3, -0.25) is 0 Å². The van der Waals surface area contributed by atoms with E-state index in [1.165, 1.54) is 0 Å². The second-order valence-corrected chi connectivity index (χ2v) is 4.75. The predicted molar refractivity (Wildman–Crippen MR) is 85.3 cm³/mol. The standard InChI is InChI=1S/C18H15N3/c1-2-21-17-11-7-6-10-16(17)20-18(21)15(13-19)12-14-8-4-3-5-9-14/h3-12H,2H2,1H3. The fourth-order valence-corrected chi connectivity index (χ4v) is 2.46. The Kier molecular flexibility index (Phi) is 3.53. The molecule has 0 atom stereocenters. The van der Waals surface area contributed by atoms with Crippen LogP contribution in [0.3, 0.4) is 0 Å². The van der Waals surface area contributed by atoms with E-state index in [-0.39, 0.29) is 0 Å². The molecule has 0 aliphatic heterocycles. The lowest BCUT2D eigenvalue weighted by Crippen LogP contribution is -2.00. The first-order valence-corrected chi connectivity index (χ1v) is 6.96. The van der Waals surface area contributed by atoms with Crippen LogP contribution < -0.4 is 0 Å². The van der Waals surface area contributed by atoms with E-state index in [1.807, 2.05) is 60.7 Å². The van der Waals surface area contributed by atoms with Crippen molar-refractivity contribution in [1.29, 1.82) is 5.26 Å². The number of fused-ring (bicyclic) bond motifs is 1. The van der Waals surface area contributed by atoms with E-state index in [1.54, 1.807) is 0 Å². The molecule has 0 aliphatic rings. The van der Waals surface area contributed by atoms with Crippen molar-refractivity contribution in [2.24, 2.45) is 0 Å². The highest BCUT2D eigenvalue weighted by atomic mass is 15.1. The zero-order chi connectivity index (χ0) is 14.7. The molecule has 0 aliphatic carbocycles. The highest BCUT2D eigenvalue weighted by molar-refractivity contribution is 5.90. The molecule has 3 rings (SSSR count). The lowest BCUT2D eigenvalue weighted by molar-refractivity contribution is 0.775. The summed E-state index contributed by atoms with van der Waals surface area (Å²) < 4.78 is 2.08. The van der Waals surface area contributed by atoms with Gasteiger partial charge in [-0.05, 0) is 30.7 Å². The van der Waals surface area contributed by atoms with Crippen LogP contribution in [0.15, 0.2) is 54.6 Å². The topological polar surface area (TPSA) is 41.6 Å². The Morgan fingerprint density at radius 2 is 1.86 bits per heavy atom. The van der Waals surface area contributed by atoms with Crippen molar-refractivity contribution in [3.63, 3.8) is 0 Å². The number of aryl methyl sites for hydroxylation is 1. The minimum Gasteiger partial charge on any atom is -0.324 e. The van der Waals surface area contributed by atoms with Crippen LogP contribution >= 0.6 is 0 Å². The molecular formula is C18H15N3. The van der Waals surface area contributed by atoms with E-state index in [0.717, 1.165) is 29.0 Å². The number of nitriles is 1. The average Bonchev–Trinajstić information content (AvgIpc) is 2.92. The maximum Gasteiger partial charge on any atom is 0.151 e. The van der Waals surface area contributed by atoms with E-state index in [2.05, 4.69) is 22.5 Å². The second-order valence-electron chi connectivity index (χ2n) is 4.75. The Morgan fingerprint density at radius 3 is 2.57 bits per heavy atom. The van der Waals surface area contributed by atoms with Crippen molar-refractivity contribution in [3.8, 4) is 6.07 Å². The highest BCUT2D eigenvalue weighted by Crippen LogP contribution is 2.23. The molecule has 1 heterocycles. The van der Waals surface area contributed by atoms with E-state index < -0.39 is 0 Å². The number of benzene rings is 2. The summed E-state index contributed by atoms with van der Waals surface area (Å²) >= 11 is 0. The summed E-state index contributed by atoms with van der Waals surface area (Å²) in [5.41, 5.74) is 3.57. The van der Waals surface area contributed by atoms with E-state index in [0.29, 0.717) is 5.57 Å². The molecule has 102 valence electrons. The second kappa shape index (κ2) is 5.64. The Labute approximate surface area is 123 Å². The molecule has 0 saturated carbocycles. The number of para-hydroxylation sites is 2. The lowest BCUT2D eigenvalue weighted by atomic mass is 10.1. The zero-order valence-corrected chi connectivity index (χ0v) is 11.8. The van der Waals surface area contributed by atoms with Gasteiger partial charge >= 0.3 is 0 Å². The number of imidazole rings is 1. The van der Waals surface area contributed by atoms with Gasteiger partial charge in [0, 0.05) is 6.54 Å². The Balaban J connectivity index is 2.18. The molecule has 3 nitrogen and oxygen atoms in total. The number of aromatic nitrogens is 2. The molecule has 0 unspecified atom stereocenters. The first kappa shape index (κ1) is 13.1. The van der Waals surface area contributed by atoms with Gasteiger partial charge in [-0.25, -0.2) is 4.98 Å². The van der Waals surface area contributed by atoms with Crippen molar-refractivity contribution in [3.05, 3.63) is 66.0 Å². The van der Waals surface area contributed by atoms with Crippen molar-refractivity contribution in [2.75, 3.05) is 0 Å². The number of nitrogens with zero attached hydrogens (tertiary/aromatic N) is 3. The predicted octanol–water partition coefficient (Wildman–Crippen LogP) is 4.12. The largest absolute Gasteiger partial charge is 0.324 e. The first-order valence-electron chi connectivity index (χ1n) is 6.96.